The number of thiol groups is 1. The Bertz CT molecular complexity index is 689. The van der Waals surface area contributed by atoms with E-state index in [4.69, 9.17) is 4.74 Å². The number of hydrogen-bond acceptors (Lipinski definition) is 3. The second-order valence-electron chi connectivity index (χ2n) is 6.24. The van der Waals surface area contributed by atoms with Crippen molar-refractivity contribution < 1.29 is 4.74 Å². The van der Waals surface area contributed by atoms with Gasteiger partial charge in [0, 0.05) is 6.21 Å². The van der Waals surface area contributed by atoms with Crippen molar-refractivity contribution >= 4 is 24.5 Å². The van der Waals surface area contributed by atoms with E-state index >= 15 is 0 Å². The van der Waals surface area contributed by atoms with E-state index in [0.29, 0.717) is 6.61 Å². The molecule has 1 aliphatic heterocycles. The third kappa shape index (κ3) is 3.05. The molecule has 114 valence electrons. The molecule has 2 aromatic carbocycles. The van der Waals surface area contributed by atoms with Crippen LogP contribution in [0.25, 0.3) is 11.1 Å². The number of aliphatic imine (C=N–C) groups is 1. The summed E-state index contributed by atoms with van der Waals surface area (Å²) in [5, 5.41) is 0. The molecule has 0 spiro atoms. The zero-order valence-corrected chi connectivity index (χ0v) is 13.9. The van der Waals surface area contributed by atoms with Crippen molar-refractivity contribution in [2.45, 2.75) is 25.7 Å². The van der Waals surface area contributed by atoms with Gasteiger partial charge in [-0.3, -0.25) is 4.99 Å². The molecular weight excluding hydrogens is 290 g/mol. The van der Waals surface area contributed by atoms with Crippen molar-refractivity contribution in [1.82, 2.24) is 0 Å². The summed E-state index contributed by atoms with van der Waals surface area (Å²) in [5.74, 6) is 1.76. The minimum Gasteiger partial charge on any atom is -0.486 e. The predicted molar refractivity (Wildman–Crippen MR) is 97.0 cm³/mol. The third-order valence-corrected chi connectivity index (χ3v) is 4.46. The van der Waals surface area contributed by atoms with Gasteiger partial charge in [0.1, 0.15) is 18.0 Å². The molecule has 0 radical (unpaired) electrons. The summed E-state index contributed by atoms with van der Waals surface area (Å²) in [6.07, 6.45) is 2.86. The van der Waals surface area contributed by atoms with Crippen LogP contribution in [0.4, 0.5) is 5.69 Å². The van der Waals surface area contributed by atoms with Crippen molar-refractivity contribution in [3.05, 3.63) is 48.0 Å². The lowest BCUT2D eigenvalue weighted by molar-refractivity contribution is 0.377. The third-order valence-electron chi connectivity index (χ3n) is 4.24. The average Bonchev–Trinajstić information content (AvgIpc) is 2.54. The number of nitrogens with zero attached hydrogens (tertiary/aromatic N) is 1. The number of ether oxygens (including phenoxy) is 1. The first kappa shape index (κ1) is 15.2. The van der Waals surface area contributed by atoms with E-state index in [9.17, 15) is 0 Å². The van der Waals surface area contributed by atoms with Gasteiger partial charge < -0.3 is 4.74 Å². The summed E-state index contributed by atoms with van der Waals surface area (Å²) in [5.41, 5.74) is 4.78. The molecule has 0 amide bonds. The minimum atomic E-state index is 0.161. The molecule has 2 nitrogen and oxygen atoms in total. The van der Waals surface area contributed by atoms with Gasteiger partial charge in [0.05, 0.1) is 0 Å². The van der Waals surface area contributed by atoms with Gasteiger partial charge in [0.2, 0.25) is 0 Å². The Hall–Kier alpha value is -1.74. The molecule has 0 fully saturated rings. The topological polar surface area (TPSA) is 21.6 Å². The van der Waals surface area contributed by atoms with Crippen LogP contribution in [0, 0.1) is 0 Å². The zero-order valence-electron chi connectivity index (χ0n) is 13.0. The van der Waals surface area contributed by atoms with Gasteiger partial charge in [-0.15, -0.1) is 0 Å². The molecule has 1 aliphatic rings. The van der Waals surface area contributed by atoms with E-state index in [0.717, 1.165) is 29.2 Å². The molecule has 0 unspecified atom stereocenters. The molecule has 0 aromatic heterocycles. The number of hydrogen-bond donors (Lipinski definition) is 1. The van der Waals surface area contributed by atoms with Crippen LogP contribution in [0.15, 0.2) is 47.5 Å². The van der Waals surface area contributed by atoms with Gasteiger partial charge in [-0.05, 0) is 46.4 Å². The molecule has 0 saturated carbocycles. The zero-order chi connectivity index (χ0) is 15.6. The number of benzene rings is 2. The van der Waals surface area contributed by atoms with Crippen LogP contribution in [0.5, 0.6) is 5.75 Å². The van der Waals surface area contributed by atoms with Gasteiger partial charge in [0.15, 0.2) is 0 Å². The van der Waals surface area contributed by atoms with Crippen molar-refractivity contribution in [2.24, 2.45) is 4.99 Å². The van der Waals surface area contributed by atoms with Crippen molar-refractivity contribution in [3.63, 3.8) is 0 Å². The Morgan fingerprint density at radius 3 is 2.55 bits per heavy atom. The largest absolute Gasteiger partial charge is 0.486 e. The smallest absolute Gasteiger partial charge is 0.146 e. The van der Waals surface area contributed by atoms with Gasteiger partial charge >= 0.3 is 0 Å². The lowest BCUT2D eigenvalue weighted by Gasteiger charge is -2.24. The minimum absolute atomic E-state index is 0.161. The average molecular weight is 311 g/mol. The molecule has 22 heavy (non-hydrogen) atoms. The Balaban J connectivity index is 1.88. The molecule has 0 bridgehead atoms. The van der Waals surface area contributed by atoms with Crippen molar-refractivity contribution in [1.29, 1.82) is 0 Å². The molecule has 0 saturated heterocycles. The first-order chi connectivity index (χ1) is 10.6. The van der Waals surface area contributed by atoms with E-state index in [1.165, 1.54) is 11.1 Å². The lowest BCUT2D eigenvalue weighted by atomic mass is 9.81. The highest BCUT2D eigenvalue weighted by Gasteiger charge is 2.19. The molecule has 0 atom stereocenters. The highest BCUT2D eigenvalue weighted by molar-refractivity contribution is 7.80. The van der Waals surface area contributed by atoms with Crippen molar-refractivity contribution in [3.8, 4) is 16.9 Å². The van der Waals surface area contributed by atoms with Crippen LogP contribution in [0.2, 0.25) is 0 Å². The second kappa shape index (κ2) is 6.17. The maximum Gasteiger partial charge on any atom is 0.146 e. The van der Waals surface area contributed by atoms with E-state index in [-0.39, 0.29) is 5.41 Å². The van der Waals surface area contributed by atoms with Crippen molar-refractivity contribution in [2.75, 3.05) is 12.4 Å². The van der Waals surface area contributed by atoms with Crippen LogP contribution < -0.4 is 4.74 Å². The van der Waals surface area contributed by atoms with E-state index < -0.39 is 0 Å². The Morgan fingerprint density at radius 1 is 1.09 bits per heavy atom. The summed E-state index contributed by atoms with van der Waals surface area (Å²) in [6.45, 7) is 5.08. The fraction of sp³-hybridized carbons (Fsp3) is 0.316. The van der Waals surface area contributed by atoms with Gasteiger partial charge in [0.25, 0.3) is 0 Å². The fourth-order valence-electron chi connectivity index (χ4n) is 2.72. The molecule has 1 heterocycles. The van der Waals surface area contributed by atoms with Crippen LogP contribution in [0.1, 0.15) is 25.8 Å². The molecule has 3 rings (SSSR count). The Kier molecular flexibility index (Phi) is 4.25. The van der Waals surface area contributed by atoms with Gasteiger partial charge in [-0.2, -0.15) is 12.6 Å². The fourth-order valence-corrected chi connectivity index (χ4v) is 3.28. The predicted octanol–water partition coefficient (Wildman–Crippen LogP) is 5.05. The Morgan fingerprint density at radius 2 is 1.82 bits per heavy atom. The highest BCUT2D eigenvalue weighted by atomic mass is 32.1. The first-order valence-corrected chi connectivity index (χ1v) is 8.24. The number of fused-ring (bicyclic) bond motifs is 1. The lowest BCUT2D eigenvalue weighted by Crippen LogP contribution is -2.17. The summed E-state index contributed by atoms with van der Waals surface area (Å²) < 4.78 is 5.64. The maximum atomic E-state index is 5.64. The van der Waals surface area contributed by atoms with Crippen LogP contribution in [0.3, 0.4) is 0 Å². The Labute approximate surface area is 137 Å². The van der Waals surface area contributed by atoms with E-state index in [1.54, 1.807) is 6.21 Å². The summed E-state index contributed by atoms with van der Waals surface area (Å²) in [6, 6.07) is 15.0. The second-order valence-corrected chi connectivity index (χ2v) is 6.69. The van der Waals surface area contributed by atoms with Crippen LogP contribution in [-0.4, -0.2) is 18.6 Å². The SMILES string of the molecule is CC(C)(CCS)c1ccc(-c2ccc3c(c2)OCC=N3)cc1. The molecule has 0 aliphatic carbocycles. The standard InChI is InChI=1S/C19H21NOS/c1-19(2,9-12-22)16-6-3-14(4-7-16)15-5-8-17-18(13-15)21-11-10-20-17/h3-8,10,13,22H,9,11-12H2,1-2H3. The van der Waals surface area contributed by atoms with Gasteiger partial charge in [-0.1, -0.05) is 44.2 Å². The van der Waals surface area contributed by atoms with Gasteiger partial charge in [-0.25, -0.2) is 0 Å². The monoisotopic (exact) mass is 311 g/mol. The highest BCUT2D eigenvalue weighted by Crippen LogP contribution is 2.35. The molecule has 0 N–H and O–H groups in total. The van der Waals surface area contributed by atoms with E-state index in [2.05, 4.69) is 67.9 Å². The summed E-state index contributed by atoms with van der Waals surface area (Å²) in [7, 11) is 0. The van der Waals surface area contributed by atoms with Crippen LogP contribution >= 0.6 is 12.6 Å². The molecule has 2 aromatic rings. The first-order valence-electron chi connectivity index (χ1n) is 7.61. The molecular formula is C19H21NOS. The normalized spacial score (nSPS) is 13.6. The number of rotatable bonds is 4. The van der Waals surface area contributed by atoms with E-state index in [1.807, 2.05) is 6.07 Å². The van der Waals surface area contributed by atoms with Crippen LogP contribution in [-0.2, 0) is 5.41 Å². The quantitative estimate of drug-likeness (QED) is 0.784. The maximum absolute atomic E-state index is 5.64. The summed E-state index contributed by atoms with van der Waals surface area (Å²) in [4.78, 5) is 4.34. The summed E-state index contributed by atoms with van der Waals surface area (Å²) >= 11 is 4.36. The molecule has 3 heteroatoms.